The third kappa shape index (κ3) is 3.69. The lowest BCUT2D eigenvalue weighted by Gasteiger charge is -2.28. The van der Waals surface area contributed by atoms with Crippen molar-refractivity contribution >= 4 is 5.71 Å². The first-order valence-electron chi connectivity index (χ1n) is 5.84. The highest BCUT2D eigenvalue weighted by Crippen LogP contribution is 2.19. The van der Waals surface area contributed by atoms with Gasteiger partial charge in [0.2, 0.25) is 0 Å². The Labute approximate surface area is 110 Å². The predicted octanol–water partition coefficient (Wildman–Crippen LogP) is 2.46. The van der Waals surface area contributed by atoms with Crippen LogP contribution in [0.4, 0.5) is 0 Å². The van der Waals surface area contributed by atoms with Crippen LogP contribution in [0.15, 0.2) is 40.6 Å². The molecular weight excluding hydrogens is 248 g/mol. The smallest absolute Gasteiger partial charge is 0.167 e. The standard InChI is InChI=1S/C12H14N4O3/c13-16-14-11-6-10(15-17)8-19-12(11)18-7-9-4-2-1-3-5-9/h1-5,11-12,17H,6-8H2/b15-10+/t11-,12+/m1/s1. The van der Waals surface area contributed by atoms with Gasteiger partial charge in [0, 0.05) is 11.3 Å². The number of azide groups is 1. The average Bonchev–Trinajstić information content (AvgIpc) is 2.47. The number of benzene rings is 1. The van der Waals surface area contributed by atoms with Gasteiger partial charge in [0.15, 0.2) is 6.29 Å². The molecule has 1 aliphatic heterocycles. The van der Waals surface area contributed by atoms with E-state index in [0.717, 1.165) is 5.56 Å². The fourth-order valence-electron chi connectivity index (χ4n) is 1.83. The molecule has 0 unspecified atom stereocenters. The summed E-state index contributed by atoms with van der Waals surface area (Å²) < 4.78 is 11.0. The van der Waals surface area contributed by atoms with Gasteiger partial charge < -0.3 is 14.7 Å². The van der Waals surface area contributed by atoms with E-state index in [1.54, 1.807) is 0 Å². The van der Waals surface area contributed by atoms with Crippen LogP contribution < -0.4 is 0 Å². The first kappa shape index (κ1) is 13.4. The van der Waals surface area contributed by atoms with E-state index in [1.165, 1.54) is 0 Å². The molecule has 19 heavy (non-hydrogen) atoms. The maximum atomic E-state index is 8.70. The van der Waals surface area contributed by atoms with Crippen molar-refractivity contribution in [1.29, 1.82) is 0 Å². The summed E-state index contributed by atoms with van der Waals surface area (Å²) in [7, 11) is 0. The number of rotatable bonds is 4. The Balaban J connectivity index is 1.96. The molecule has 1 aliphatic rings. The Hall–Kier alpha value is -2.08. The second-order valence-corrected chi connectivity index (χ2v) is 4.12. The van der Waals surface area contributed by atoms with E-state index >= 15 is 0 Å². The highest BCUT2D eigenvalue weighted by molar-refractivity contribution is 5.86. The van der Waals surface area contributed by atoms with Crippen LogP contribution in [0.1, 0.15) is 12.0 Å². The highest BCUT2D eigenvalue weighted by Gasteiger charge is 2.29. The Morgan fingerprint density at radius 3 is 2.89 bits per heavy atom. The summed E-state index contributed by atoms with van der Waals surface area (Å²) in [6, 6.07) is 9.11. The van der Waals surface area contributed by atoms with Gasteiger partial charge in [-0.2, -0.15) is 0 Å². The third-order valence-corrected chi connectivity index (χ3v) is 2.77. The average molecular weight is 262 g/mol. The van der Waals surface area contributed by atoms with Crippen LogP contribution >= 0.6 is 0 Å². The molecule has 1 aromatic carbocycles. The largest absolute Gasteiger partial charge is 0.411 e. The summed E-state index contributed by atoms with van der Waals surface area (Å²) in [5, 5.41) is 15.4. The fourth-order valence-corrected chi connectivity index (χ4v) is 1.83. The summed E-state index contributed by atoms with van der Waals surface area (Å²) in [5.74, 6) is 0. The minimum Gasteiger partial charge on any atom is -0.411 e. The summed E-state index contributed by atoms with van der Waals surface area (Å²) in [6.07, 6.45) is -0.290. The zero-order chi connectivity index (χ0) is 13.5. The number of ether oxygens (including phenoxy) is 2. The summed E-state index contributed by atoms with van der Waals surface area (Å²) in [4.78, 5) is 2.76. The van der Waals surface area contributed by atoms with Gasteiger partial charge in [-0.1, -0.05) is 40.6 Å². The minimum atomic E-state index is -0.624. The third-order valence-electron chi connectivity index (χ3n) is 2.77. The van der Waals surface area contributed by atoms with Crippen molar-refractivity contribution in [2.24, 2.45) is 10.3 Å². The first-order chi connectivity index (χ1) is 9.33. The van der Waals surface area contributed by atoms with Gasteiger partial charge in [0.05, 0.1) is 25.0 Å². The van der Waals surface area contributed by atoms with E-state index < -0.39 is 12.3 Å². The molecule has 1 aromatic rings. The molecule has 2 rings (SSSR count). The number of hydrogen-bond acceptors (Lipinski definition) is 5. The van der Waals surface area contributed by atoms with E-state index in [1.807, 2.05) is 30.3 Å². The van der Waals surface area contributed by atoms with E-state index in [-0.39, 0.29) is 6.61 Å². The summed E-state index contributed by atoms with van der Waals surface area (Å²) in [5.41, 5.74) is 9.97. The van der Waals surface area contributed by atoms with E-state index in [4.69, 9.17) is 20.2 Å². The van der Waals surface area contributed by atoms with Crippen LogP contribution in [0.3, 0.4) is 0 Å². The van der Waals surface area contributed by atoms with Gasteiger partial charge in [-0.3, -0.25) is 0 Å². The molecule has 0 spiro atoms. The van der Waals surface area contributed by atoms with Crippen molar-refractivity contribution in [3.63, 3.8) is 0 Å². The predicted molar refractivity (Wildman–Crippen MR) is 67.7 cm³/mol. The molecule has 0 amide bonds. The molecule has 7 nitrogen and oxygen atoms in total. The Bertz CT molecular complexity index is 485. The van der Waals surface area contributed by atoms with Crippen molar-refractivity contribution in [2.75, 3.05) is 6.61 Å². The van der Waals surface area contributed by atoms with Gasteiger partial charge in [-0.25, -0.2) is 0 Å². The Kier molecular flexibility index (Phi) is 4.74. The van der Waals surface area contributed by atoms with Crippen LogP contribution in [0.25, 0.3) is 10.4 Å². The highest BCUT2D eigenvalue weighted by atomic mass is 16.7. The first-order valence-corrected chi connectivity index (χ1v) is 5.84. The topological polar surface area (TPSA) is 99.8 Å². The van der Waals surface area contributed by atoms with Crippen LogP contribution in [-0.2, 0) is 16.1 Å². The normalized spacial score (nSPS) is 24.9. The van der Waals surface area contributed by atoms with Crippen LogP contribution in [-0.4, -0.2) is 29.9 Å². The van der Waals surface area contributed by atoms with E-state index in [0.29, 0.717) is 18.7 Å². The molecule has 0 aromatic heterocycles. The lowest BCUT2D eigenvalue weighted by Crippen LogP contribution is -2.39. The van der Waals surface area contributed by atoms with Gasteiger partial charge >= 0.3 is 0 Å². The molecule has 0 saturated carbocycles. The Morgan fingerprint density at radius 1 is 1.42 bits per heavy atom. The zero-order valence-corrected chi connectivity index (χ0v) is 10.2. The summed E-state index contributed by atoms with van der Waals surface area (Å²) in [6.45, 7) is 0.544. The molecule has 100 valence electrons. The van der Waals surface area contributed by atoms with Gasteiger partial charge in [-0.15, -0.1) is 0 Å². The zero-order valence-electron chi connectivity index (χ0n) is 10.2. The molecule has 7 heteroatoms. The molecule has 1 N–H and O–H groups in total. The molecular formula is C12H14N4O3. The second kappa shape index (κ2) is 6.75. The quantitative estimate of drug-likeness (QED) is 0.296. The lowest BCUT2D eigenvalue weighted by molar-refractivity contribution is -0.158. The fraction of sp³-hybridized carbons (Fsp3) is 0.417. The van der Waals surface area contributed by atoms with E-state index in [9.17, 15) is 0 Å². The summed E-state index contributed by atoms with van der Waals surface area (Å²) >= 11 is 0. The monoisotopic (exact) mass is 262 g/mol. The van der Waals surface area contributed by atoms with Gasteiger partial charge in [0.25, 0.3) is 0 Å². The molecule has 0 bridgehead atoms. The van der Waals surface area contributed by atoms with Crippen molar-refractivity contribution in [2.45, 2.75) is 25.4 Å². The molecule has 1 saturated heterocycles. The molecule has 0 aliphatic carbocycles. The molecule has 2 atom stereocenters. The number of nitrogens with zero attached hydrogens (tertiary/aromatic N) is 4. The maximum Gasteiger partial charge on any atom is 0.167 e. The molecule has 0 radical (unpaired) electrons. The van der Waals surface area contributed by atoms with Crippen molar-refractivity contribution in [3.8, 4) is 0 Å². The number of hydrogen-bond donors (Lipinski definition) is 1. The maximum absolute atomic E-state index is 8.70. The van der Waals surface area contributed by atoms with Gasteiger partial charge in [0.1, 0.15) is 0 Å². The van der Waals surface area contributed by atoms with Crippen LogP contribution in [0.5, 0.6) is 0 Å². The van der Waals surface area contributed by atoms with Gasteiger partial charge in [-0.05, 0) is 11.1 Å². The molecule has 1 fully saturated rings. The SMILES string of the molecule is [N-]=[N+]=N[C@@H]1C/C(=N\O)CO[C@@H]1OCc1ccccc1. The van der Waals surface area contributed by atoms with Crippen LogP contribution in [0.2, 0.25) is 0 Å². The Morgan fingerprint density at radius 2 is 2.21 bits per heavy atom. The minimum absolute atomic E-state index is 0.174. The van der Waals surface area contributed by atoms with Crippen molar-refractivity contribution in [3.05, 3.63) is 46.3 Å². The van der Waals surface area contributed by atoms with Crippen LogP contribution in [0, 0.1) is 0 Å². The molecule has 1 heterocycles. The lowest BCUT2D eigenvalue weighted by atomic mass is 10.1. The van der Waals surface area contributed by atoms with Crippen molar-refractivity contribution in [1.82, 2.24) is 0 Å². The van der Waals surface area contributed by atoms with Crippen molar-refractivity contribution < 1.29 is 14.7 Å². The second-order valence-electron chi connectivity index (χ2n) is 4.12. The number of oxime groups is 1. The van der Waals surface area contributed by atoms with E-state index in [2.05, 4.69) is 15.2 Å².